The number of nitrogens with zero attached hydrogens (tertiary/aromatic N) is 2. The van der Waals surface area contributed by atoms with E-state index in [2.05, 4.69) is 47.5 Å². The van der Waals surface area contributed by atoms with Gasteiger partial charge in [-0.15, -0.1) is 0 Å². The van der Waals surface area contributed by atoms with Crippen LogP contribution in [0.25, 0.3) is 0 Å². The molecule has 1 aliphatic heterocycles. The topological polar surface area (TPSA) is 52.7 Å². The molecular weight excluding hydrogens is 410 g/mol. The van der Waals surface area contributed by atoms with E-state index in [1.54, 1.807) is 0 Å². The summed E-state index contributed by atoms with van der Waals surface area (Å²) in [5.74, 6) is 0.787. The first kappa shape index (κ1) is 23.5. The van der Waals surface area contributed by atoms with E-state index in [0.29, 0.717) is 32.0 Å². The lowest BCUT2D eigenvalue weighted by Gasteiger charge is -2.40. The lowest BCUT2D eigenvalue weighted by Crippen LogP contribution is -2.57. The van der Waals surface area contributed by atoms with Gasteiger partial charge in [-0.2, -0.15) is 0 Å². The van der Waals surface area contributed by atoms with Gasteiger partial charge in [-0.3, -0.25) is 14.5 Å². The van der Waals surface area contributed by atoms with Gasteiger partial charge >= 0.3 is 0 Å². The Morgan fingerprint density at radius 3 is 2.33 bits per heavy atom. The molecule has 2 aromatic rings. The van der Waals surface area contributed by atoms with Crippen LogP contribution in [0.2, 0.25) is 0 Å². The Balaban J connectivity index is 1.31. The molecule has 1 saturated heterocycles. The van der Waals surface area contributed by atoms with Crippen molar-refractivity contribution in [2.45, 2.75) is 58.0 Å². The Morgan fingerprint density at radius 1 is 0.939 bits per heavy atom. The molecule has 2 aliphatic rings. The van der Waals surface area contributed by atoms with E-state index in [1.807, 2.05) is 29.2 Å². The van der Waals surface area contributed by atoms with Crippen LogP contribution in [0.1, 0.15) is 48.8 Å². The highest BCUT2D eigenvalue weighted by atomic mass is 16.2. The zero-order valence-corrected chi connectivity index (χ0v) is 19.8. The number of amides is 2. The lowest BCUT2D eigenvalue weighted by molar-refractivity contribution is -0.135. The molecule has 176 valence electrons. The molecule has 4 rings (SSSR count). The summed E-state index contributed by atoms with van der Waals surface area (Å²) in [6.07, 6.45) is 6.00. The molecule has 5 heteroatoms. The minimum atomic E-state index is -0.0844. The van der Waals surface area contributed by atoms with Crippen molar-refractivity contribution in [3.05, 3.63) is 71.3 Å². The third-order valence-corrected chi connectivity index (χ3v) is 7.19. The first-order valence-electron chi connectivity index (χ1n) is 12.5. The Morgan fingerprint density at radius 2 is 1.64 bits per heavy atom. The minimum absolute atomic E-state index is 0.0844. The second-order valence-corrected chi connectivity index (χ2v) is 9.60. The number of piperazine rings is 1. The summed E-state index contributed by atoms with van der Waals surface area (Å²) >= 11 is 0. The Kier molecular flexibility index (Phi) is 8.16. The summed E-state index contributed by atoms with van der Waals surface area (Å²) < 4.78 is 0. The molecular formula is C28H37N3O2. The van der Waals surface area contributed by atoms with Gasteiger partial charge in [0, 0.05) is 39.1 Å². The number of hydrogen-bond donors (Lipinski definition) is 1. The molecule has 1 aliphatic carbocycles. The standard InChI is InChI=1S/C28H37N3O2/c1-22-8-7-11-24(20-22)21-29-28(33)27(25-12-5-6-13-25)31-18-16-30(17-19-31)26(32)15-14-23-9-3-2-4-10-23/h2-4,7-11,20,25,27H,5-6,12-19,21H2,1H3,(H,29,33). The van der Waals surface area contributed by atoms with Crippen molar-refractivity contribution in [2.75, 3.05) is 26.2 Å². The molecule has 0 bridgehead atoms. The van der Waals surface area contributed by atoms with Crippen molar-refractivity contribution >= 4 is 11.8 Å². The first-order valence-corrected chi connectivity index (χ1v) is 12.5. The fraction of sp³-hybridized carbons (Fsp3) is 0.500. The number of carbonyl (C=O) groups is 2. The van der Waals surface area contributed by atoms with Crippen LogP contribution < -0.4 is 5.32 Å². The fourth-order valence-electron chi connectivity index (χ4n) is 5.37. The van der Waals surface area contributed by atoms with E-state index in [1.165, 1.54) is 24.0 Å². The van der Waals surface area contributed by atoms with Gasteiger partial charge in [0.15, 0.2) is 0 Å². The predicted octanol–water partition coefficient (Wildman–Crippen LogP) is 3.95. The molecule has 1 atom stereocenters. The average molecular weight is 448 g/mol. The van der Waals surface area contributed by atoms with E-state index in [0.717, 1.165) is 37.9 Å². The second-order valence-electron chi connectivity index (χ2n) is 9.60. The van der Waals surface area contributed by atoms with Gasteiger partial charge in [0.2, 0.25) is 11.8 Å². The number of carbonyl (C=O) groups excluding carboxylic acids is 2. The summed E-state index contributed by atoms with van der Waals surface area (Å²) in [5.41, 5.74) is 3.56. The van der Waals surface area contributed by atoms with Crippen molar-refractivity contribution in [2.24, 2.45) is 5.92 Å². The molecule has 33 heavy (non-hydrogen) atoms. The molecule has 0 aromatic heterocycles. The van der Waals surface area contributed by atoms with Crippen molar-refractivity contribution in [3.63, 3.8) is 0 Å². The molecule has 0 spiro atoms. The highest BCUT2D eigenvalue weighted by Crippen LogP contribution is 2.31. The summed E-state index contributed by atoms with van der Waals surface area (Å²) in [6, 6.07) is 18.4. The summed E-state index contributed by atoms with van der Waals surface area (Å²) in [7, 11) is 0. The Hall–Kier alpha value is -2.66. The van der Waals surface area contributed by atoms with Gasteiger partial charge in [0.05, 0.1) is 6.04 Å². The van der Waals surface area contributed by atoms with Gasteiger partial charge in [-0.1, -0.05) is 73.0 Å². The summed E-state index contributed by atoms with van der Waals surface area (Å²) in [6.45, 7) is 5.62. The zero-order valence-electron chi connectivity index (χ0n) is 19.8. The molecule has 1 heterocycles. The predicted molar refractivity (Wildman–Crippen MR) is 132 cm³/mol. The number of hydrogen-bond acceptors (Lipinski definition) is 3. The highest BCUT2D eigenvalue weighted by molar-refractivity contribution is 5.82. The van der Waals surface area contributed by atoms with Crippen LogP contribution in [0.4, 0.5) is 0 Å². The van der Waals surface area contributed by atoms with Crippen LogP contribution in [0, 0.1) is 12.8 Å². The normalized spacial score (nSPS) is 18.3. The van der Waals surface area contributed by atoms with E-state index in [-0.39, 0.29) is 17.9 Å². The monoisotopic (exact) mass is 447 g/mol. The smallest absolute Gasteiger partial charge is 0.237 e. The van der Waals surface area contributed by atoms with Gasteiger partial charge in [-0.05, 0) is 43.2 Å². The highest BCUT2D eigenvalue weighted by Gasteiger charge is 2.37. The minimum Gasteiger partial charge on any atom is -0.351 e. The van der Waals surface area contributed by atoms with E-state index in [4.69, 9.17) is 0 Å². The van der Waals surface area contributed by atoms with Crippen LogP contribution in [0.5, 0.6) is 0 Å². The van der Waals surface area contributed by atoms with E-state index in [9.17, 15) is 9.59 Å². The largest absolute Gasteiger partial charge is 0.351 e. The second kappa shape index (κ2) is 11.5. The molecule has 0 radical (unpaired) electrons. The van der Waals surface area contributed by atoms with E-state index >= 15 is 0 Å². The van der Waals surface area contributed by atoms with Crippen molar-refractivity contribution < 1.29 is 9.59 Å². The van der Waals surface area contributed by atoms with Crippen LogP contribution in [-0.2, 0) is 22.6 Å². The van der Waals surface area contributed by atoms with Crippen LogP contribution in [-0.4, -0.2) is 53.8 Å². The maximum absolute atomic E-state index is 13.3. The number of aryl methyl sites for hydroxylation is 2. The number of benzene rings is 2. The van der Waals surface area contributed by atoms with Crippen LogP contribution in [0.3, 0.4) is 0 Å². The molecule has 5 nitrogen and oxygen atoms in total. The molecule has 2 aromatic carbocycles. The van der Waals surface area contributed by atoms with Gasteiger partial charge < -0.3 is 10.2 Å². The molecule has 2 fully saturated rings. The summed E-state index contributed by atoms with van der Waals surface area (Å²) in [4.78, 5) is 30.4. The molecule has 1 unspecified atom stereocenters. The van der Waals surface area contributed by atoms with Crippen molar-refractivity contribution in [1.82, 2.24) is 15.1 Å². The van der Waals surface area contributed by atoms with Crippen LogP contribution >= 0.6 is 0 Å². The molecule has 2 amide bonds. The van der Waals surface area contributed by atoms with Gasteiger partial charge in [0.25, 0.3) is 0 Å². The van der Waals surface area contributed by atoms with E-state index < -0.39 is 0 Å². The van der Waals surface area contributed by atoms with Crippen molar-refractivity contribution in [1.29, 1.82) is 0 Å². The van der Waals surface area contributed by atoms with Crippen molar-refractivity contribution in [3.8, 4) is 0 Å². The lowest BCUT2D eigenvalue weighted by atomic mass is 9.94. The zero-order chi connectivity index (χ0) is 23.0. The molecule has 1 saturated carbocycles. The first-order chi connectivity index (χ1) is 16.1. The average Bonchev–Trinajstić information content (AvgIpc) is 3.37. The third kappa shape index (κ3) is 6.44. The number of nitrogens with one attached hydrogen (secondary N) is 1. The fourth-order valence-corrected chi connectivity index (χ4v) is 5.37. The number of rotatable bonds is 8. The SMILES string of the molecule is Cc1cccc(CNC(=O)C(C2CCCC2)N2CCN(C(=O)CCc3ccccc3)CC2)c1. The third-order valence-electron chi connectivity index (χ3n) is 7.19. The maximum Gasteiger partial charge on any atom is 0.237 e. The Bertz CT molecular complexity index is 916. The van der Waals surface area contributed by atoms with Crippen LogP contribution in [0.15, 0.2) is 54.6 Å². The maximum atomic E-state index is 13.3. The van der Waals surface area contributed by atoms with Gasteiger partial charge in [-0.25, -0.2) is 0 Å². The quantitative estimate of drug-likeness (QED) is 0.667. The molecule has 1 N–H and O–H groups in total. The Labute approximate surface area is 198 Å². The summed E-state index contributed by atoms with van der Waals surface area (Å²) in [5, 5.41) is 3.21. The van der Waals surface area contributed by atoms with Gasteiger partial charge in [0.1, 0.15) is 0 Å².